The Labute approximate surface area is 123 Å². The van der Waals surface area contributed by atoms with E-state index in [1.807, 2.05) is 0 Å². The molecule has 7 nitrogen and oxygen atoms in total. The van der Waals surface area contributed by atoms with Crippen molar-refractivity contribution >= 4 is 21.4 Å². The average Bonchev–Trinajstić information content (AvgIpc) is 2.38. The quantitative estimate of drug-likeness (QED) is 0.722. The van der Waals surface area contributed by atoms with Gasteiger partial charge in [0.15, 0.2) is 0 Å². The van der Waals surface area contributed by atoms with Gasteiger partial charge in [-0.25, -0.2) is 23.5 Å². The van der Waals surface area contributed by atoms with Crippen LogP contribution in [0.15, 0.2) is 29.3 Å². The number of nitrogen functional groups attached to an aromatic ring is 1. The maximum absolute atomic E-state index is 11.6. The second-order valence-electron chi connectivity index (χ2n) is 4.69. The third kappa shape index (κ3) is 3.67. The molecular formula is C13H17N5O2S. The minimum atomic E-state index is -3.81. The molecule has 21 heavy (non-hydrogen) atoms. The van der Waals surface area contributed by atoms with Crippen LogP contribution in [0.25, 0.3) is 0 Å². The molecule has 0 fully saturated rings. The zero-order chi connectivity index (χ0) is 15.6. The lowest BCUT2D eigenvalue weighted by atomic mass is 10.1. The van der Waals surface area contributed by atoms with Gasteiger partial charge in [-0.2, -0.15) is 0 Å². The lowest BCUT2D eigenvalue weighted by molar-refractivity contribution is 0.597. The van der Waals surface area contributed by atoms with Crippen LogP contribution >= 0.6 is 0 Å². The Morgan fingerprint density at radius 1 is 1.29 bits per heavy atom. The molecular weight excluding hydrogens is 290 g/mol. The van der Waals surface area contributed by atoms with Crippen molar-refractivity contribution in [3.05, 3.63) is 41.5 Å². The van der Waals surface area contributed by atoms with Gasteiger partial charge in [0.1, 0.15) is 5.82 Å². The highest BCUT2D eigenvalue weighted by atomic mass is 32.2. The van der Waals surface area contributed by atoms with Gasteiger partial charge >= 0.3 is 0 Å². The number of primary sulfonamides is 1. The van der Waals surface area contributed by atoms with Crippen molar-refractivity contribution in [2.75, 3.05) is 11.1 Å². The predicted molar refractivity (Wildman–Crippen MR) is 81.1 cm³/mol. The van der Waals surface area contributed by atoms with Crippen LogP contribution in [0.1, 0.15) is 17.1 Å². The fourth-order valence-electron chi connectivity index (χ4n) is 1.98. The number of anilines is 2. The molecule has 0 saturated carbocycles. The Bertz CT molecular complexity index is 774. The second kappa shape index (κ2) is 5.66. The Morgan fingerprint density at radius 3 is 2.62 bits per heavy atom. The summed E-state index contributed by atoms with van der Waals surface area (Å²) in [6.45, 7) is 3.90. The molecule has 8 heteroatoms. The number of sulfonamides is 1. The van der Waals surface area contributed by atoms with E-state index >= 15 is 0 Å². The number of rotatable bonds is 4. The maximum atomic E-state index is 11.6. The number of aryl methyl sites for hydroxylation is 1. The molecule has 2 aromatic rings. The first-order chi connectivity index (χ1) is 9.77. The summed E-state index contributed by atoms with van der Waals surface area (Å²) >= 11 is 0. The number of benzene rings is 1. The summed E-state index contributed by atoms with van der Waals surface area (Å²) in [7, 11) is -3.81. The summed E-state index contributed by atoms with van der Waals surface area (Å²) in [6, 6.07) is 4.80. The molecule has 0 amide bonds. The Hall–Kier alpha value is -2.19. The van der Waals surface area contributed by atoms with Gasteiger partial charge in [0, 0.05) is 17.6 Å². The number of nitrogens with zero attached hydrogens (tertiary/aromatic N) is 2. The summed E-state index contributed by atoms with van der Waals surface area (Å²) in [4.78, 5) is 8.30. The number of aromatic nitrogens is 2. The van der Waals surface area contributed by atoms with Crippen molar-refractivity contribution < 1.29 is 8.42 Å². The van der Waals surface area contributed by atoms with Gasteiger partial charge < -0.3 is 11.1 Å². The molecule has 0 radical (unpaired) electrons. The van der Waals surface area contributed by atoms with Gasteiger partial charge in [-0.1, -0.05) is 0 Å². The van der Waals surface area contributed by atoms with Crippen LogP contribution in [0.2, 0.25) is 0 Å². The van der Waals surface area contributed by atoms with Crippen LogP contribution < -0.4 is 16.2 Å². The van der Waals surface area contributed by atoms with E-state index in [1.54, 1.807) is 32.2 Å². The SMILES string of the molecule is Cc1nccc(CNc2cc(N)cc(S(N)(=O)=O)c2C)n1. The van der Waals surface area contributed by atoms with E-state index in [0.29, 0.717) is 29.3 Å². The van der Waals surface area contributed by atoms with Gasteiger partial charge in [0.05, 0.1) is 17.1 Å². The summed E-state index contributed by atoms with van der Waals surface area (Å²) in [6.07, 6.45) is 1.67. The first kappa shape index (κ1) is 15.2. The first-order valence-corrected chi connectivity index (χ1v) is 7.77. The summed E-state index contributed by atoms with van der Waals surface area (Å²) in [5, 5.41) is 8.31. The average molecular weight is 307 g/mol. The van der Waals surface area contributed by atoms with Crippen LogP contribution in [0, 0.1) is 13.8 Å². The number of hydrogen-bond donors (Lipinski definition) is 3. The lowest BCUT2D eigenvalue weighted by Gasteiger charge is -2.13. The number of hydrogen-bond acceptors (Lipinski definition) is 6. The van der Waals surface area contributed by atoms with Crippen molar-refractivity contribution in [1.82, 2.24) is 9.97 Å². The van der Waals surface area contributed by atoms with Gasteiger partial charge in [-0.3, -0.25) is 0 Å². The Morgan fingerprint density at radius 2 is 2.00 bits per heavy atom. The molecule has 1 aromatic carbocycles. The van der Waals surface area contributed by atoms with Crippen LogP contribution in [0.5, 0.6) is 0 Å². The normalized spacial score (nSPS) is 11.4. The molecule has 0 atom stereocenters. The topological polar surface area (TPSA) is 124 Å². The van der Waals surface area contributed by atoms with Gasteiger partial charge in [0.25, 0.3) is 0 Å². The van der Waals surface area contributed by atoms with Crippen molar-refractivity contribution in [3.63, 3.8) is 0 Å². The van der Waals surface area contributed by atoms with E-state index in [0.717, 1.165) is 5.69 Å². The molecule has 0 spiro atoms. The largest absolute Gasteiger partial charge is 0.399 e. The zero-order valence-electron chi connectivity index (χ0n) is 11.8. The minimum absolute atomic E-state index is 0.0175. The predicted octanol–water partition coefficient (Wildman–Crippen LogP) is 0.935. The Balaban J connectivity index is 2.31. The molecule has 1 heterocycles. The van der Waals surface area contributed by atoms with Crippen molar-refractivity contribution in [3.8, 4) is 0 Å². The van der Waals surface area contributed by atoms with Crippen LogP contribution in [-0.4, -0.2) is 18.4 Å². The number of nitrogens with one attached hydrogen (secondary N) is 1. The van der Waals surface area contributed by atoms with Gasteiger partial charge in [-0.05, 0) is 37.6 Å². The van der Waals surface area contributed by atoms with E-state index in [2.05, 4.69) is 15.3 Å². The molecule has 0 bridgehead atoms. The molecule has 0 saturated heterocycles. The molecule has 5 N–H and O–H groups in total. The van der Waals surface area contributed by atoms with Crippen LogP contribution in [0.3, 0.4) is 0 Å². The van der Waals surface area contributed by atoms with E-state index < -0.39 is 10.0 Å². The highest BCUT2D eigenvalue weighted by molar-refractivity contribution is 7.89. The van der Waals surface area contributed by atoms with E-state index in [9.17, 15) is 8.42 Å². The molecule has 2 rings (SSSR count). The monoisotopic (exact) mass is 307 g/mol. The molecule has 0 aliphatic rings. The molecule has 0 aliphatic carbocycles. The highest BCUT2D eigenvalue weighted by Crippen LogP contribution is 2.26. The van der Waals surface area contributed by atoms with Crippen molar-refractivity contribution in [1.29, 1.82) is 0 Å². The third-order valence-electron chi connectivity index (χ3n) is 2.98. The molecule has 1 aromatic heterocycles. The maximum Gasteiger partial charge on any atom is 0.238 e. The molecule has 0 unspecified atom stereocenters. The van der Waals surface area contributed by atoms with E-state index in [-0.39, 0.29) is 4.90 Å². The fraction of sp³-hybridized carbons (Fsp3) is 0.231. The smallest absolute Gasteiger partial charge is 0.238 e. The van der Waals surface area contributed by atoms with Crippen LogP contribution in [-0.2, 0) is 16.6 Å². The summed E-state index contributed by atoms with van der Waals surface area (Å²) in [5.41, 5.74) is 7.98. The second-order valence-corrected chi connectivity index (χ2v) is 6.22. The zero-order valence-corrected chi connectivity index (χ0v) is 12.6. The lowest BCUT2D eigenvalue weighted by Crippen LogP contribution is -2.15. The molecule has 112 valence electrons. The standard InChI is InChI=1S/C13H17N5O2S/c1-8-12(5-10(14)6-13(8)21(15,19)20)17-7-11-3-4-16-9(2)18-11/h3-6,17H,7,14H2,1-2H3,(H2,15,19,20). The highest BCUT2D eigenvalue weighted by Gasteiger charge is 2.15. The fourth-order valence-corrected chi connectivity index (χ4v) is 2.81. The first-order valence-electron chi connectivity index (χ1n) is 6.22. The van der Waals surface area contributed by atoms with Gasteiger partial charge in [-0.15, -0.1) is 0 Å². The van der Waals surface area contributed by atoms with Gasteiger partial charge in [0.2, 0.25) is 10.0 Å². The number of nitrogens with two attached hydrogens (primary N) is 2. The van der Waals surface area contributed by atoms with Crippen LogP contribution in [0.4, 0.5) is 11.4 Å². The minimum Gasteiger partial charge on any atom is -0.399 e. The van der Waals surface area contributed by atoms with Crippen molar-refractivity contribution in [2.45, 2.75) is 25.3 Å². The molecule has 0 aliphatic heterocycles. The van der Waals surface area contributed by atoms with E-state index in [1.165, 1.54) is 6.07 Å². The van der Waals surface area contributed by atoms with Crippen molar-refractivity contribution in [2.24, 2.45) is 5.14 Å². The van der Waals surface area contributed by atoms with E-state index in [4.69, 9.17) is 10.9 Å². The summed E-state index contributed by atoms with van der Waals surface area (Å²) < 4.78 is 23.1. The third-order valence-corrected chi connectivity index (χ3v) is 4.02. The Kier molecular flexibility index (Phi) is 4.10. The summed E-state index contributed by atoms with van der Waals surface area (Å²) in [5.74, 6) is 0.670.